The Kier molecular flexibility index (Phi) is 4.53. The minimum Gasteiger partial charge on any atom is -0.372 e. The molecule has 1 rings (SSSR count). The molecule has 0 heterocycles. The van der Waals surface area contributed by atoms with Gasteiger partial charge in [-0.05, 0) is 18.6 Å². The molecule has 0 unspecified atom stereocenters. The van der Waals surface area contributed by atoms with E-state index >= 15 is 0 Å². The number of nitrogens with zero attached hydrogens (tertiary/aromatic N) is 1. The smallest absolute Gasteiger partial charge is 0.149 e. The molecule has 0 saturated heterocycles. The van der Waals surface area contributed by atoms with E-state index < -0.39 is 11.6 Å². The highest BCUT2D eigenvalue weighted by molar-refractivity contribution is 5.46. The maximum absolute atomic E-state index is 13.3. The van der Waals surface area contributed by atoms with E-state index in [4.69, 9.17) is 0 Å². The fourth-order valence-electron chi connectivity index (χ4n) is 1.51. The van der Waals surface area contributed by atoms with Crippen LogP contribution < -0.4 is 4.90 Å². The Balaban J connectivity index is 2.61. The van der Waals surface area contributed by atoms with E-state index in [1.807, 2.05) is 11.9 Å². The number of unbranched alkanes of at least 4 members (excludes halogenated alkanes) is 2. The summed E-state index contributed by atoms with van der Waals surface area (Å²) in [5.41, 5.74) is 0.465. The average Bonchev–Trinajstić information content (AvgIpc) is 2.17. The fourth-order valence-corrected chi connectivity index (χ4v) is 1.51. The molecule has 0 saturated carbocycles. The highest BCUT2D eigenvalue weighted by Crippen LogP contribution is 2.19. The molecule has 0 spiro atoms. The SMILES string of the molecule is CCCCCN(C)c1ccc(F)cc1F. The number of halogens is 2. The second-order valence-electron chi connectivity index (χ2n) is 3.72. The van der Waals surface area contributed by atoms with Crippen LogP contribution in [0.2, 0.25) is 0 Å². The van der Waals surface area contributed by atoms with Crippen LogP contribution in [0.25, 0.3) is 0 Å². The van der Waals surface area contributed by atoms with Crippen molar-refractivity contribution < 1.29 is 8.78 Å². The van der Waals surface area contributed by atoms with Crippen LogP contribution in [0.4, 0.5) is 14.5 Å². The Morgan fingerprint density at radius 2 is 1.93 bits per heavy atom. The van der Waals surface area contributed by atoms with Crippen LogP contribution in [0.3, 0.4) is 0 Å². The normalized spacial score (nSPS) is 10.4. The monoisotopic (exact) mass is 213 g/mol. The van der Waals surface area contributed by atoms with E-state index in [0.29, 0.717) is 5.69 Å². The summed E-state index contributed by atoms with van der Waals surface area (Å²) >= 11 is 0. The summed E-state index contributed by atoms with van der Waals surface area (Å²) in [6, 6.07) is 3.69. The quantitative estimate of drug-likeness (QED) is 0.675. The van der Waals surface area contributed by atoms with Gasteiger partial charge in [-0.1, -0.05) is 19.8 Å². The van der Waals surface area contributed by atoms with Crippen molar-refractivity contribution in [1.29, 1.82) is 0 Å². The van der Waals surface area contributed by atoms with Gasteiger partial charge in [0.15, 0.2) is 0 Å². The zero-order valence-electron chi connectivity index (χ0n) is 9.26. The lowest BCUT2D eigenvalue weighted by atomic mass is 10.2. The van der Waals surface area contributed by atoms with Gasteiger partial charge in [-0.2, -0.15) is 0 Å². The van der Waals surface area contributed by atoms with Gasteiger partial charge >= 0.3 is 0 Å². The van der Waals surface area contributed by atoms with Crippen molar-refractivity contribution in [2.45, 2.75) is 26.2 Å². The maximum atomic E-state index is 13.3. The molecule has 1 aromatic rings. The van der Waals surface area contributed by atoms with Gasteiger partial charge in [0.05, 0.1) is 5.69 Å². The topological polar surface area (TPSA) is 3.24 Å². The molecular weight excluding hydrogens is 196 g/mol. The van der Waals surface area contributed by atoms with Gasteiger partial charge in [0.25, 0.3) is 0 Å². The number of anilines is 1. The third kappa shape index (κ3) is 3.50. The van der Waals surface area contributed by atoms with Gasteiger partial charge in [0.1, 0.15) is 11.6 Å². The van der Waals surface area contributed by atoms with Gasteiger partial charge in [0.2, 0.25) is 0 Å². The first-order valence-electron chi connectivity index (χ1n) is 5.31. The van der Waals surface area contributed by atoms with Crippen molar-refractivity contribution in [3.8, 4) is 0 Å². The summed E-state index contributed by atoms with van der Waals surface area (Å²) in [6.07, 6.45) is 3.30. The molecule has 84 valence electrons. The van der Waals surface area contributed by atoms with Crippen LogP contribution in [-0.4, -0.2) is 13.6 Å². The van der Waals surface area contributed by atoms with E-state index in [0.717, 1.165) is 31.9 Å². The standard InChI is InChI=1S/C12H17F2N/c1-3-4-5-8-15(2)12-7-6-10(13)9-11(12)14/h6-7,9H,3-5,8H2,1-2H3. The number of benzene rings is 1. The van der Waals surface area contributed by atoms with Crippen LogP contribution in [0.15, 0.2) is 18.2 Å². The average molecular weight is 213 g/mol. The van der Waals surface area contributed by atoms with Crippen molar-refractivity contribution >= 4 is 5.69 Å². The van der Waals surface area contributed by atoms with Gasteiger partial charge in [0, 0.05) is 19.7 Å². The van der Waals surface area contributed by atoms with Crippen LogP contribution in [0, 0.1) is 11.6 Å². The number of rotatable bonds is 5. The van der Waals surface area contributed by atoms with Crippen molar-refractivity contribution in [1.82, 2.24) is 0 Å². The van der Waals surface area contributed by atoms with Crippen molar-refractivity contribution in [3.05, 3.63) is 29.8 Å². The van der Waals surface area contributed by atoms with Crippen LogP contribution in [-0.2, 0) is 0 Å². The Hall–Kier alpha value is -1.12. The Labute approximate surface area is 89.7 Å². The van der Waals surface area contributed by atoms with Gasteiger partial charge in [-0.25, -0.2) is 8.78 Å². The molecule has 15 heavy (non-hydrogen) atoms. The Morgan fingerprint density at radius 1 is 1.20 bits per heavy atom. The molecule has 0 aliphatic carbocycles. The minimum absolute atomic E-state index is 0.465. The summed E-state index contributed by atoms with van der Waals surface area (Å²) < 4.78 is 26.0. The molecule has 0 radical (unpaired) electrons. The van der Waals surface area contributed by atoms with Crippen molar-refractivity contribution in [2.24, 2.45) is 0 Å². The molecule has 3 heteroatoms. The van der Waals surface area contributed by atoms with E-state index in [1.165, 1.54) is 12.1 Å². The van der Waals surface area contributed by atoms with E-state index in [-0.39, 0.29) is 0 Å². The summed E-state index contributed by atoms with van der Waals surface area (Å²) in [7, 11) is 1.83. The van der Waals surface area contributed by atoms with E-state index in [2.05, 4.69) is 6.92 Å². The molecular formula is C12H17F2N. The third-order valence-corrected chi connectivity index (χ3v) is 2.42. The molecule has 0 atom stereocenters. The zero-order chi connectivity index (χ0) is 11.3. The van der Waals surface area contributed by atoms with Crippen molar-refractivity contribution in [2.75, 3.05) is 18.5 Å². The highest BCUT2D eigenvalue weighted by atomic mass is 19.1. The third-order valence-electron chi connectivity index (χ3n) is 2.42. The lowest BCUT2D eigenvalue weighted by Crippen LogP contribution is -2.19. The van der Waals surface area contributed by atoms with Crippen LogP contribution in [0.5, 0.6) is 0 Å². The lowest BCUT2D eigenvalue weighted by Gasteiger charge is -2.19. The van der Waals surface area contributed by atoms with Gasteiger partial charge in [-0.3, -0.25) is 0 Å². The first kappa shape index (κ1) is 12.0. The highest BCUT2D eigenvalue weighted by Gasteiger charge is 2.07. The minimum atomic E-state index is -0.529. The maximum Gasteiger partial charge on any atom is 0.149 e. The molecule has 1 aromatic carbocycles. The van der Waals surface area contributed by atoms with E-state index in [1.54, 1.807) is 0 Å². The predicted molar refractivity (Wildman–Crippen MR) is 59.2 cm³/mol. The Bertz CT molecular complexity index is 312. The zero-order valence-corrected chi connectivity index (χ0v) is 9.26. The number of hydrogen-bond donors (Lipinski definition) is 0. The van der Waals surface area contributed by atoms with Gasteiger partial charge in [-0.15, -0.1) is 0 Å². The molecule has 0 fully saturated rings. The van der Waals surface area contributed by atoms with E-state index in [9.17, 15) is 8.78 Å². The summed E-state index contributed by atoms with van der Waals surface area (Å²) in [5, 5.41) is 0. The number of hydrogen-bond acceptors (Lipinski definition) is 1. The Morgan fingerprint density at radius 3 is 2.53 bits per heavy atom. The second kappa shape index (κ2) is 5.69. The second-order valence-corrected chi connectivity index (χ2v) is 3.72. The predicted octanol–water partition coefficient (Wildman–Crippen LogP) is 3.59. The molecule has 0 aliphatic heterocycles. The van der Waals surface area contributed by atoms with Gasteiger partial charge < -0.3 is 4.90 Å². The van der Waals surface area contributed by atoms with Crippen LogP contribution in [0.1, 0.15) is 26.2 Å². The summed E-state index contributed by atoms with van der Waals surface area (Å²) in [5.74, 6) is -1.02. The molecule has 0 amide bonds. The summed E-state index contributed by atoms with van der Waals surface area (Å²) in [6.45, 7) is 2.93. The first-order valence-corrected chi connectivity index (χ1v) is 5.31. The first-order chi connectivity index (χ1) is 7.15. The lowest BCUT2D eigenvalue weighted by molar-refractivity contribution is 0.579. The largest absolute Gasteiger partial charge is 0.372 e. The fraction of sp³-hybridized carbons (Fsp3) is 0.500. The molecule has 0 aliphatic rings. The summed E-state index contributed by atoms with van der Waals surface area (Å²) in [4.78, 5) is 1.82. The molecule has 0 aromatic heterocycles. The molecule has 1 nitrogen and oxygen atoms in total. The van der Waals surface area contributed by atoms with Crippen molar-refractivity contribution in [3.63, 3.8) is 0 Å². The molecule has 0 bridgehead atoms. The molecule has 0 N–H and O–H groups in total. The van der Waals surface area contributed by atoms with Crippen LogP contribution >= 0.6 is 0 Å².